The number of carbonyl (C=O) groups is 8. The molecule has 4 aliphatic rings. The number of amides is 8. The van der Waals surface area contributed by atoms with E-state index in [0.717, 1.165) is 33.8 Å². The number of cyclic esters (lactones) is 1. The summed E-state index contributed by atoms with van der Waals surface area (Å²) in [7, 11) is 0. The lowest BCUT2D eigenvalue weighted by atomic mass is 9.98. The summed E-state index contributed by atoms with van der Waals surface area (Å²) < 4.78 is 19.6. The van der Waals surface area contributed by atoms with Crippen molar-refractivity contribution in [3.8, 4) is 11.5 Å². The molecule has 0 aromatic heterocycles. The number of nitrogens with zero attached hydrogens (tertiary/aromatic N) is 3. The van der Waals surface area contributed by atoms with Gasteiger partial charge in [-0.2, -0.15) is 0 Å². The first-order chi connectivity index (χ1) is 35.2. The van der Waals surface area contributed by atoms with Crippen molar-refractivity contribution in [3.63, 3.8) is 0 Å². The van der Waals surface area contributed by atoms with E-state index in [-0.39, 0.29) is 43.3 Å². The molecule has 4 fully saturated rings. The first kappa shape index (κ1) is 60.0. The molecule has 4 aliphatic heterocycles. The number of rotatable bonds is 14. The first-order valence-electron chi connectivity index (χ1n) is 23.8. The molecule has 1 unspecified atom stereocenters. The minimum atomic E-state index is -2.18. The number of hydrogen-bond acceptors (Lipinski definition) is 23. The van der Waals surface area contributed by atoms with Gasteiger partial charge < -0.3 is 90.9 Å². The predicted molar refractivity (Wildman–Crippen MR) is 251 cm³/mol. The highest BCUT2D eigenvalue weighted by molar-refractivity contribution is 7.90. The Morgan fingerprint density at radius 1 is 0.880 bits per heavy atom. The van der Waals surface area contributed by atoms with Crippen molar-refractivity contribution >= 4 is 60.0 Å². The fourth-order valence-corrected chi connectivity index (χ4v) is 9.15. The molecule has 8 amide bonds. The first-order valence-corrected chi connectivity index (χ1v) is 24.5. The number of alkyl carbamates (subject to hydrolysis) is 1. The van der Waals surface area contributed by atoms with E-state index in [0.29, 0.717) is 0 Å². The van der Waals surface area contributed by atoms with Crippen molar-refractivity contribution in [2.75, 3.05) is 39.4 Å². The highest BCUT2D eigenvalue weighted by Gasteiger charge is 2.50. The third kappa shape index (κ3) is 15.6. The Morgan fingerprint density at radius 3 is 2.20 bits per heavy atom. The largest absolute Gasteiger partial charge is 0.504 e. The molecule has 30 nitrogen and oxygen atoms in total. The Kier molecular flexibility index (Phi) is 21.0. The number of β-amino-alcohol motifs (C(OH)–C–C–N with tert-alkyl or cyclic N) is 1. The molecule has 5 rings (SSSR count). The molecule has 75 heavy (non-hydrogen) atoms. The summed E-state index contributed by atoms with van der Waals surface area (Å²) in [6, 6.07) is -8.84. The molecule has 1 aromatic carbocycles. The number of hydrogen-bond donors (Lipinski definition) is 14. The molecule has 31 heteroatoms. The van der Waals surface area contributed by atoms with Crippen LogP contribution in [0.3, 0.4) is 0 Å². The topological polar surface area (TPSA) is 435 Å². The average molecular weight is 1090 g/mol. The van der Waals surface area contributed by atoms with Crippen LogP contribution in [0.1, 0.15) is 59.4 Å². The maximum absolute atomic E-state index is 14.9. The van der Waals surface area contributed by atoms with Crippen LogP contribution in [-0.4, -0.2) is 232 Å². The molecule has 420 valence electrons. The van der Waals surface area contributed by atoms with Crippen molar-refractivity contribution in [1.82, 2.24) is 41.3 Å². The Morgan fingerprint density at radius 2 is 1.55 bits per heavy atom. The second kappa shape index (κ2) is 26.3. The minimum Gasteiger partial charge on any atom is -0.504 e. The number of phenols is 1. The lowest BCUT2D eigenvalue weighted by molar-refractivity contribution is -0.433. The lowest BCUT2D eigenvalue weighted by Crippen LogP contribution is -2.64. The number of aliphatic hydroxyl groups excluding tert-OH is 7. The maximum Gasteiger partial charge on any atom is 0.410 e. The second-order valence-corrected chi connectivity index (χ2v) is 20.1. The van der Waals surface area contributed by atoms with Gasteiger partial charge in [0.1, 0.15) is 48.5 Å². The van der Waals surface area contributed by atoms with E-state index in [9.17, 15) is 79.2 Å². The van der Waals surface area contributed by atoms with Crippen molar-refractivity contribution in [2.45, 2.75) is 145 Å². The normalized spacial score (nSPS) is 29.9. The molecule has 0 spiro atoms. The van der Waals surface area contributed by atoms with Crippen LogP contribution in [-0.2, 0) is 54.0 Å². The molecule has 0 aliphatic carbocycles. The summed E-state index contributed by atoms with van der Waals surface area (Å²) in [5, 5.41) is 112. The van der Waals surface area contributed by atoms with Gasteiger partial charge in [0.05, 0.1) is 49.3 Å². The van der Waals surface area contributed by atoms with Crippen LogP contribution in [0.4, 0.5) is 9.59 Å². The number of fused-ring (bicyclic) bond motifs is 2. The van der Waals surface area contributed by atoms with E-state index in [1.807, 2.05) is 0 Å². The Bertz CT molecular complexity index is 2230. The van der Waals surface area contributed by atoms with E-state index in [4.69, 9.17) is 18.9 Å². The Labute approximate surface area is 433 Å². The summed E-state index contributed by atoms with van der Waals surface area (Å²) in [5.74, 6) is -8.90. The molecule has 0 saturated carbocycles. The number of aromatic hydroxyl groups is 1. The molecular weight excluding hydrogens is 1020 g/mol. The van der Waals surface area contributed by atoms with Gasteiger partial charge in [0.2, 0.25) is 35.4 Å². The monoisotopic (exact) mass is 1090 g/mol. The van der Waals surface area contributed by atoms with E-state index < -0.39 is 189 Å². The Hall–Kier alpha value is -5.87. The molecule has 0 bridgehead atoms. The molecular formula is C44H66N8O22S. The predicted octanol–water partition coefficient (Wildman–Crippen LogP) is -5.00. The second-order valence-electron chi connectivity index (χ2n) is 19.7. The zero-order valence-electron chi connectivity index (χ0n) is 41.5. The molecule has 0 radical (unpaired) electrons. The quantitative estimate of drug-likeness (QED) is 0.0359. The fourth-order valence-electron chi connectivity index (χ4n) is 8.90. The summed E-state index contributed by atoms with van der Waals surface area (Å²) in [4.78, 5) is 115. The lowest BCUT2D eigenvalue weighted by Gasteiger charge is -2.34. The smallest absolute Gasteiger partial charge is 0.410 e. The third-order valence-corrected chi connectivity index (χ3v) is 13.1. The minimum absolute atomic E-state index is 0.0586. The number of carbonyl (C=O) groups excluding carboxylic acids is 8. The summed E-state index contributed by atoms with van der Waals surface area (Å²) in [6.07, 6.45) is -14.9. The van der Waals surface area contributed by atoms with E-state index >= 15 is 0 Å². The number of aliphatic hydroxyl groups is 7. The van der Waals surface area contributed by atoms with Crippen LogP contribution >= 0.6 is 12.3 Å². The summed E-state index contributed by atoms with van der Waals surface area (Å²) in [6.45, 7) is 4.32. The van der Waals surface area contributed by atoms with Crippen LogP contribution in [0.5, 0.6) is 11.5 Å². The summed E-state index contributed by atoms with van der Waals surface area (Å²) in [5.41, 5.74) is -1.01. The molecule has 4 saturated heterocycles. The van der Waals surface area contributed by atoms with Gasteiger partial charge in [0.25, 0.3) is 12.3 Å². The van der Waals surface area contributed by atoms with Gasteiger partial charge in [-0.05, 0) is 51.8 Å². The van der Waals surface area contributed by atoms with Gasteiger partial charge in [-0.25, -0.2) is 14.8 Å². The van der Waals surface area contributed by atoms with E-state index in [1.165, 1.54) is 33.8 Å². The van der Waals surface area contributed by atoms with Crippen molar-refractivity contribution in [3.05, 3.63) is 23.8 Å². The molecule has 14 atom stereocenters. The molecule has 14 N–H and O–H groups in total. The van der Waals surface area contributed by atoms with Gasteiger partial charge in [-0.15, -0.1) is 0 Å². The van der Waals surface area contributed by atoms with E-state index in [1.54, 1.807) is 0 Å². The number of benzene rings is 1. The van der Waals surface area contributed by atoms with Crippen LogP contribution in [0.25, 0.3) is 0 Å². The zero-order chi connectivity index (χ0) is 55.6. The van der Waals surface area contributed by atoms with Crippen molar-refractivity contribution in [1.29, 1.82) is 0 Å². The van der Waals surface area contributed by atoms with Gasteiger partial charge in [-0.1, -0.05) is 22.4 Å². The third-order valence-electron chi connectivity index (χ3n) is 12.7. The van der Waals surface area contributed by atoms with Gasteiger partial charge >= 0.3 is 12.2 Å². The van der Waals surface area contributed by atoms with Crippen LogP contribution in [0, 0.1) is 5.92 Å². The van der Waals surface area contributed by atoms with Crippen LogP contribution in [0.15, 0.2) is 18.2 Å². The zero-order valence-corrected chi connectivity index (χ0v) is 42.3. The highest BCUT2D eigenvalue weighted by atomic mass is 32.2. The van der Waals surface area contributed by atoms with Crippen LogP contribution < -0.4 is 30.8 Å². The van der Waals surface area contributed by atoms with E-state index in [2.05, 4.69) is 36.0 Å². The highest BCUT2D eigenvalue weighted by Crippen LogP contribution is 2.31. The number of nitrogens with one attached hydrogen (secondary N) is 5. The number of phenolic OH excluding ortho intramolecular Hbond substituents is 1. The van der Waals surface area contributed by atoms with Crippen LogP contribution in [0.2, 0.25) is 0 Å². The van der Waals surface area contributed by atoms with Crippen molar-refractivity contribution in [2.24, 2.45) is 5.92 Å². The molecule has 1 aromatic rings. The summed E-state index contributed by atoms with van der Waals surface area (Å²) >= 11 is 0.0586. The SMILES string of the molecule is C[C@H](O)[C@@H]1NC(=O)[C@@H](NC(=O)OC(C)(C)C)C[C@H](O)CNC(=O)[C@@H]2[C@@H](O)[C@H](C)CN2C(=O)[C@H]([C@H](O)CCN2C(=O)OCC2CO)NC(=O)[C@H]([C@H](O)Cc2ccc(O)c(OSOOO)c2)NC(=O)[C@@H]2C[C@H](O)CN2C1=O. The molecule has 4 heterocycles. The number of ether oxygens (including phenoxy) is 2. The van der Waals surface area contributed by atoms with Gasteiger partial charge in [0, 0.05) is 51.4 Å². The average Bonchev–Trinajstić information content (AvgIpc) is 4.01. The van der Waals surface area contributed by atoms with Gasteiger partial charge in [0.15, 0.2) is 11.5 Å². The Balaban J connectivity index is 1.61. The standard InChI is InChI=1S/C44H66N8O22S/c1-19-15-52-34(35(19)60)39(64)45-14-23(55)12-25(46-42(67)71-44(3,4)5)36(61)47-31(20(2)54)40(65)51-16-24(56)13-26(51)37(62)48-32(29(59)10-21-6-7-27(57)30(11-21)72-75-74-73-69)38(63)49-33(41(52)66)28(58)8-9-50-22(17-53)18-70-43(50)68/h6-7,11,19-20,22-26,28-29,31-35,53-60,69H,8-10,12-18H2,1-5H3,(H,45,64)(H,46,67)(H,47,61)(H,48,62)(H,49,63)/t19-,20+,22?,23+,24+,25+,26+,28-,29-,31+,32+,33+,34+,35+/m1/s1. The van der Waals surface area contributed by atoms with Gasteiger partial charge in [-0.3, -0.25) is 33.7 Å². The van der Waals surface area contributed by atoms with Crippen molar-refractivity contribution < 1.29 is 107 Å². The maximum atomic E-state index is 14.9. The fraction of sp³-hybridized carbons (Fsp3) is 0.682.